The van der Waals surface area contributed by atoms with Crippen LogP contribution >= 0.6 is 0 Å². The number of morpholine rings is 1. The lowest BCUT2D eigenvalue weighted by atomic mass is 10.1. The molecule has 1 fully saturated rings. The Morgan fingerprint density at radius 2 is 2.00 bits per heavy atom. The third-order valence-electron chi connectivity index (χ3n) is 2.59. The number of nitrogens with zero attached hydrogens (tertiary/aromatic N) is 1. The lowest BCUT2D eigenvalue weighted by molar-refractivity contribution is -0.0776. The van der Waals surface area contributed by atoms with Gasteiger partial charge < -0.3 is 10.5 Å². The summed E-state index contributed by atoms with van der Waals surface area (Å²) >= 11 is 0. The van der Waals surface area contributed by atoms with E-state index in [-0.39, 0.29) is 18.0 Å². The Morgan fingerprint density at radius 3 is 2.43 bits per heavy atom. The SMILES string of the molecule is CC(CC(=N)N)N1C[C@@H](C)O[C@@H](C)C1. The second-order valence-electron chi connectivity index (χ2n) is 4.29. The first-order valence-electron chi connectivity index (χ1n) is 5.21. The maximum Gasteiger partial charge on any atom is 0.0920 e. The fraction of sp³-hybridized carbons (Fsp3) is 0.900. The average Bonchev–Trinajstić information content (AvgIpc) is 2.00. The molecular weight excluding hydrogens is 178 g/mol. The van der Waals surface area contributed by atoms with Crippen LogP contribution in [0.5, 0.6) is 0 Å². The smallest absolute Gasteiger partial charge is 0.0920 e. The van der Waals surface area contributed by atoms with Gasteiger partial charge in [-0.3, -0.25) is 10.3 Å². The molecule has 0 radical (unpaired) electrons. The van der Waals surface area contributed by atoms with E-state index in [4.69, 9.17) is 15.9 Å². The van der Waals surface area contributed by atoms with E-state index >= 15 is 0 Å². The van der Waals surface area contributed by atoms with Gasteiger partial charge in [0.1, 0.15) is 0 Å². The van der Waals surface area contributed by atoms with E-state index in [0.29, 0.717) is 12.5 Å². The highest BCUT2D eigenvalue weighted by Crippen LogP contribution is 2.14. The molecule has 1 saturated heterocycles. The van der Waals surface area contributed by atoms with E-state index in [2.05, 4.69) is 25.7 Å². The summed E-state index contributed by atoms with van der Waals surface area (Å²) in [5.41, 5.74) is 5.39. The minimum Gasteiger partial charge on any atom is -0.388 e. The number of nitrogens with one attached hydrogen (secondary N) is 1. The predicted molar refractivity (Wildman–Crippen MR) is 57.6 cm³/mol. The van der Waals surface area contributed by atoms with Gasteiger partial charge in [0, 0.05) is 25.6 Å². The number of nitrogens with two attached hydrogens (primary N) is 1. The topological polar surface area (TPSA) is 62.3 Å². The molecule has 4 nitrogen and oxygen atoms in total. The van der Waals surface area contributed by atoms with Crippen molar-refractivity contribution in [2.45, 2.75) is 45.4 Å². The molecule has 1 rings (SSSR count). The van der Waals surface area contributed by atoms with E-state index in [1.807, 2.05) is 0 Å². The van der Waals surface area contributed by atoms with Crippen LogP contribution in [0.2, 0.25) is 0 Å². The van der Waals surface area contributed by atoms with Crippen LogP contribution < -0.4 is 5.73 Å². The zero-order valence-electron chi connectivity index (χ0n) is 9.29. The average molecular weight is 199 g/mol. The van der Waals surface area contributed by atoms with Gasteiger partial charge in [-0.2, -0.15) is 0 Å². The highest BCUT2D eigenvalue weighted by atomic mass is 16.5. The van der Waals surface area contributed by atoms with E-state index in [0.717, 1.165) is 13.1 Å². The van der Waals surface area contributed by atoms with Crippen LogP contribution in [0.25, 0.3) is 0 Å². The molecule has 0 aliphatic carbocycles. The van der Waals surface area contributed by atoms with Crippen molar-refractivity contribution in [2.75, 3.05) is 13.1 Å². The van der Waals surface area contributed by atoms with Crippen molar-refractivity contribution in [1.29, 1.82) is 5.41 Å². The zero-order chi connectivity index (χ0) is 10.7. The third-order valence-corrected chi connectivity index (χ3v) is 2.59. The maximum absolute atomic E-state index is 7.26. The fourth-order valence-electron chi connectivity index (χ4n) is 2.02. The minimum absolute atomic E-state index is 0.268. The van der Waals surface area contributed by atoms with E-state index in [1.165, 1.54) is 0 Å². The summed E-state index contributed by atoms with van der Waals surface area (Å²) in [7, 11) is 0. The van der Waals surface area contributed by atoms with Gasteiger partial charge in [0.25, 0.3) is 0 Å². The number of hydrogen-bond donors (Lipinski definition) is 2. The number of rotatable bonds is 3. The molecule has 1 aliphatic heterocycles. The van der Waals surface area contributed by atoms with Crippen molar-refractivity contribution in [3.05, 3.63) is 0 Å². The molecule has 3 atom stereocenters. The number of amidine groups is 1. The van der Waals surface area contributed by atoms with Crippen molar-refractivity contribution in [3.8, 4) is 0 Å². The maximum atomic E-state index is 7.26. The molecule has 14 heavy (non-hydrogen) atoms. The Bertz CT molecular complexity index is 198. The molecule has 3 N–H and O–H groups in total. The summed E-state index contributed by atoms with van der Waals surface area (Å²) in [4.78, 5) is 2.35. The largest absolute Gasteiger partial charge is 0.388 e. The summed E-state index contributed by atoms with van der Waals surface area (Å²) in [6, 6.07) is 0.348. The normalized spacial score (nSPS) is 31.4. The number of ether oxygens (including phenoxy) is 1. The molecule has 4 heteroatoms. The van der Waals surface area contributed by atoms with Crippen LogP contribution in [-0.4, -0.2) is 42.1 Å². The molecule has 1 aliphatic rings. The van der Waals surface area contributed by atoms with Gasteiger partial charge in [-0.25, -0.2) is 0 Å². The second kappa shape index (κ2) is 4.75. The van der Waals surface area contributed by atoms with E-state index in [9.17, 15) is 0 Å². The Labute approximate surface area is 85.9 Å². The Hall–Kier alpha value is -0.610. The Morgan fingerprint density at radius 1 is 1.50 bits per heavy atom. The highest BCUT2D eigenvalue weighted by molar-refractivity contribution is 5.77. The molecule has 0 amide bonds. The summed E-state index contributed by atoms with van der Waals surface area (Å²) < 4.78 is 5.64. The predicted octanol–water partition coefficient (Wildman–Crippen LogP) is 0.810. The molecule has 0 bridgehead atoms. The second-order valence-corrected chi connectivity index (χ2v) is 4.29. The van der Waals surface area contributed by atoms with Gasteiger partial charge in [-0.15, -0.1) is 0 Å². The number of hydrogen-bond acceptors (Lipinski definition) is 3. The first kappa shape index (κ1) is 11.5. The standard InChI is InChI=1S/C10H21N3O/c1-7(4-10(11)12)13-5-8(2)14-9(3)6-13/h7-9H,4-6H2,1-3H3,(H3,11,12)/t7?,8-,9+. The van der Waals surface area contributed by atoms with Crippen molar-refractivity contribution >= 4 is 5.84 Å². The molecule has 0 aromatic rings. The summed E-state index contributed by atoms with van der Waals surface area (Å²) in [5, 5.41) is 7.26. The van der Waals surface area contributed by atoms with Gasteiger partial charge in [-0.1, -0.05) is 0 Å². The van der Waals surface area contributed by atoms with Crippen LogP contribution in [0.3, 0.4) is 0 Å². The summed E-state index contributed by atoms with van der Waals surface area (Å²) in [6.45, 7) is 8.18. The van der Waals surface area contributed by atoms with Crippen LogP contribution in [0.15, 0.2) is 0 Å². The van der Waals surface area contributed by atoms with Crippen LogP contribution in [0.1, 0.15) is 27.2 Å². The third kappa shape index (κ3) is 3.27. The lowest BCUT2D eigenvalue weighted by Crippen LogP contribution is -2.49. The Kier molecular flexibility index (Phi) is 3.89. The van der Waals surface area contributed by atoms with E-state index in [1.54, 1.807) is 0 Å². The molecule has 0 spiro atoms. The molecule has 0 saturated carbocycles. The molecule has 1 unspecified atom stereocenters. The van der Waals surface area contributed by atoms with Crippen molar-refractivity contribution in [3.63, 3.8) is 0 Å². The van der Waals surface area contributed by atoms with Crippen molar-refractivity contribution < 1.29 is 4.74 Å². The first-order valence-corrected chi connectivity index (χ1v) is 5.21. The van der Waals surface area contributed by atoms with Crippen LogP contribution in [-0.2, 0) is 4.74 Å². The lowest BCUT2D eigenvalue weighted by Gasteiger charge is -2.38. The van der Waals surface area contributed by atoms with Gasteiger partial charge in [0.15, 0.2) is 0 Å². The molecule has 82 valence electrons. The van der Waals surface area contributed by atoms with Gasteiger partial charge in [-0.05, 0) is 20.8 Å². The summed E-state index contributed by atoms with van der Waals surface area (Å²) in [5.74, 6) is 0.268. The van der Waals surface area contributed by atoms with Crippen LogP contribution in [0, 0.1) is 5.41 Å². The van der Waals surface area contributed by atoms with Crippen molar-refractivity contribution in [2.24, 2.45) is 5.73 Å². The molecular formula is C10H21N3O. The van der Waals surface area contributed by atoms with Gasteiger partial charge in [0.05, 0.1) is 18.0 Å². The van der Waals surface area contributed by atoms with Crippen LogP contribution in [0.4, 0.5) is 0 Å². The monoisotopic (exact) mass is 199 g/mol. The fourth-order valence-corrected chi connectivity index (χ4v) is 2.02. The highest BCUT2D eigenvalue weighted by Gasteiger charge is 2.25. The quantitative estimate of drug-likeness (QED) is 0.522. The van der Waals surface area contributed by atoms with Crippen molar-refractivity contribution in [1.82, 2.24) is 4.90 Å². The minimum atomic E-state index is 0.268. The van der Waals surface area contributed by atoms with Gasteiger partial charge >= 0.3 is 0 Å². The Balaban J connectivity index is 2.46. The first-order chi connectivity index (χ1) is 6.49. The van der Waals surface area contributed by atoms with E-state index < -0.39 is 0 Å². The molecule has 0 aromatic carbocycles. The molecule has 0 aromatic heterocycles. The summed E-state index contributed by atoms with van der Waals surface area (Å²) in [6.07, 6.45) is 1.22. The van der Waals surface area contributed by atoms with Gasteiger partial charge in [0.2, 0.25) is 0 Å². The molecule has 1 heterocycles. The zero-order valence-corrected chi connectivity index (χ0v) is 9.29.